The topological polar surface area (TPSA) is 6.48 Å². The van der Waals surface area contributed by atoms with Crippen LogP contribution in [-0.4, -0.2) is 55.6 Å². The van der Waals surface area contributed by atoms with Crippen molar-refractivity contribution in [2.75, 3.05) is 28.2 Å². The van der Waals surface area contributed by atoms with E-state index in [4.69, 9.17) is 0 Å². The molecule has 2 rings (SSSR count). The zero-order chi connectivity index (χ0) is 16.1. The molecule has 0 saturated heterocycles. The first-order valence-electron chi connectivity index (χ1n) is 7.40. The van der Waals surface area contributed by atoms with Gasteiger partial charge in [0.15, 0.2) is 0 Å². The Hall–Kier alpha value is -0.0269. The molecule has 22 heavy (non-hydrogen) atoms. The second kappa shape index (κ2) is 8.72. The third kappa shape index (κ3) is 4.99. The third-order valence-electron chi connectivity index (χ3n) is 3.38. The Bertz CT molecular complexity index is 560. The minimum absolute atomic E-state index is 1.03. The van der Waals surface area contributed by atoms with Crippen LogP contribution in [0.2, 0.25) is 0 Å². The summed E-state index contributed by atoms with van der Waals surface area (Å²) < 4.78 is 3.25. The molecule has 0 aliphatic rings. The Morgan fingerprint density at radius 1 is 0.727 bits per heavy atom. The molecule has 0 N–H and O–H groups in total. The SMILES string of the molecule is CN(C)Cc1cccc[c]1[Bi]([I])[c]1ccccc1CN(C)C. The van der Waals surface area contributed by atoms with Crippen LogP contribution in [0.15, 0.2) is 48.5 Å². The molecule has 0 spiro atoms. The molecular weight excluding hydrogens is 580 g/mol. The summed E-state index contributed by atoms with van der Waals surface area (Å²) in [5.74, 6) is 0. The maximum absolute atomic E-state index is 2.78. The quantitative estimate of drug-likeness (QED) is 0.370. The first kappa shape index (κ1) is 18.3. The van der Waals surface area contributed by atoms with E-state index in [0.717, 1.165) is 13.1 Å². The van der Waals surface area contributed by atoms with E-state index in [1.54, 1.807) is 6.54 Å². The second-order valence-corrected chi connectivity index (χ2v) is 20.4. The van der Waals surface area contributed by atoms with Gasteiger partial charge in [0.05, 0.1) is 0 Å². The molecule has 0 radical (unpaired) electrons. The summed E-state index contributed by atoms with van der Waals surface area (Å²) in [5, 5.41) is 0. The van der Waals surface area contributed by atoms with E-state index in [9.17, 15) is 0 Å². The first-order valence-corrected chi connectivity index (χ1v) is 20.7. The number of rotatable bonds is 6. The van der Waals surface area contributed by atoms with Crippen LogP contribution >= 0.6 is 18.0 Å². The number of benzene rings is 2. The van der Waals surface area contributed by atoms with Crippen molar-refractivity contribution in [3.05, 3.63) is 59.7 Å². The van der Waals surface area contributed by atoms with E-state index in [1.807, 2.05) is 0 Å². The Balaban J connectivity index is 2.38. The summed E-state index contributed by atoms with van der Waals surface area (Å²) >= 11 is 0.850. The third-order valence-corrected chi connectivity index (χ3v) is 19.2. The van der Waals surface area contributed by atoms with Gasteiger partial charge in [-0.1, -0.05) is 0 Å². The van der Waals surface area contributed by atoms with Crippen molar-refractivity contribution in [1.82, 2.24) is 9.80 Å². The predicted octanol–water partition coefficient (Wildman–Crippen LogP) is 2.35. The molecule has 0 heterocycles. The van der Waals surface area contributed by atoms with Crippen molar-refractivity contribution >= 4 is 42.1 Å². The summed E-state index contributed by atoms with van der Waals surface area (Å²) in [6, 6.07) is 18.0. The van der Waals surface area contributed by atoms with E-state index < -0.39 is 17.6 Å². The Labute approximate surface area is 151 Å². The van der Waals surface area contributed by atoms with Crippen LogP contribution in [0.4, 0.5) is 0 Å². The monoisotopic (exact) mass is 604 g/mol. The summed E-state index contributed by atoms with van der Waals surface area (Å²) in [6.07, 6.45) is 0. The zero-order valence-electron chi connectivity index (χ0n) is 13.8. The Kier molecular flexibility index (Phi) is 7.26. The standard InChI is InChI=1S/2C9H12N.Bi.HI/c2*1-10(2)8-9-6-4-3-5-7-9;;/h2*3-6H,8H2,1-2H3;;1H/q;;+1;/p-1. The maximum atomic E-state index is 2.78. The molecule has 0 atom stereocenters. The molecular formula is C18H24BiIN2. The van der Waals surface area contributed by atoms with E-state index >= 15 is 0 Å². The van der Waals surface area contributed by atoms with Gasteiger partial charge in [-0.3, -0.25) is 0 Å². The van der Waals surface area contributed by atoms with Gasteiger partial charge in [0, 0.05) is 0 Å². The Morgan fingerprint density at radius 3 is 1.45 bits per heavy atom. The van der Waals surface area contributed by atoms with Crippen molar-refractivity contribution in [2.45, 2.75) is 13.1 Å². The molecule has 0 aliphatic carbocycles. The molecule has 2 aromatic rings. The molecule has 0 unspecified atom stereocenters. The Morgan fingerprint density at radius 2 is 1.09 bits per heavy atom. The van der Waals surface area contributed by atoms with Crippen LogP contribution in [0.3, 0.4) is 0 Å². The molecule has 0 fully saturated rings. The van der Waals surface area contributed by atoms with Crippen molar-refractivity contribution in [3.63, 3.8) is 0 Å². The van der Waals surface area contributed by atoms with Gasteiger partial charge in [-0.15, -0.1) is 0 Å². The van der Waals surface area contributed by atoms with Crippen LogP contribution < -0.4 is 6.54 Å². The number of halogens is 1. The summed E-state index contributed by atoms with van der Waals surface area (Å²) in [7, 11) is 8.59. The van der Waals surface area contributed by atoms with E-state index in [-0.39, 0.29) is 0 Å². The average Bonchev–Trinajstić information content (AvgIpc) is 2.46. The van der Waals surface area contributed by atoms with Crippen molar-refractivity contribution < 1.29 is 0 Å². The van der Waals surface area contributed by atoms with Crippen molar-refractivity contribution in [1.29, 1.82) is 0 Å². The molecule has 0 aliphatic heterocycles. The molecule has 0 aromatic heterocycles. The molecule has 0 saturated carbocycles. The summed E-state index contributed by atoms with van der Waals surface area (Å²) in [6.45, 7) is 2.06. The fraction of sp³-hybridized carbons (Fsp3) is 0.333. The van der Waals surface area contributed by atoms with Gasteiger partial charge in [-0.2, -0.15) is 0 Å². The van der Waals surface area contributed by atoms with Crippen LogP contribution in [0.25, 0.3) is 0 Å². The second-order valence-electron chi connectivity index (χ2n) is 6.01. The molecule has 4 heteroatoms. The van der Waals surface area contributed by atoms with Crippen molar-refractivity contribution in [3.8, 4) is 0 Å². The van der Waals surface area contributed by atoms with Crippen LogP contribution in [0, 0.1) is 0 Å². The van der Waals surface area contributed by atoms with Gasteiger partial charge in [0.2, 0.25) is 0 Å². The first-order chi connectivity index (χ1) is 10.5. The molecule has 2 nitrogen and oxygen atoms in total. The van der Waals surface area contributed by atoms with E-state index in [0.29, 0.717) is 0 Å². The average molecular weight is 604 g/mol. The van der Waals surface area contributed by atoms with Gasteiger partial charge in [0.1, 0.15) is 0 Å². The fourth-order valence-electron chi connectivity index (χ4n) is 2.48. The molecule has 118 valence electrons. The zero-order valence-corrected chi connectivity index (χ0v) is 19.4. The van der Waals surface area contributed by atoms with Crippen LogP contribution in [-0.2, 0) is 13.1 Å². The van der Waals surface area contributed by atoms with Gasteiger partial charge in [-0.25, -0.2) is 0 Å². The molecule has 2 aromatic carbocycles. The molecule has 0 amide bonds. The predicted molar refractivity (Wildman–Crippen MR) is 107 cm³/mol. The van der Waals surface area contributed by atoms with Gasteiger partial charge in [0.25, 0.3) is 0 Å². The van der Waals surface area contributed by atoms with Gasteiger partial charge in [-0.05, 0) is 0 Å². The van der Waals surface area contributed by atoms with Crippen molar-refractivity contribution in [2.24, 2.45) is 0 Å². The van der Waals surface area contributed by atoms with Crippen LogP contribution in [0.1, 0.15) is 11.1 Å². The molecule has 0 bridgehead atoms. The van der Waals surface area contributed by atoms with Gasteiger partial charge >= 0.3 is 153 Å². The number of hydrogen-bond donors (Lipinski definition) is 0. The van der Waals surface area contributed by atoms with Gasteiger partial charge < -0.3 is 0 Å². The normalized spacial score (nSPS) is 11.6. The van der Waals surface area contributed by atoms with E-state index in [2.05, 4.69) is 105 Å². The summed E-state index contributed by atoms with van der Waals surface area (Å²) in [4.78, 5) is 4.53. The summed E-state index contributed by atoms with van der Waals surface area (Å²) in [5.41, 5.74) is 3.00. The van der Waals surface area contributed by atoms with Crippen LogP contribution in [0.5, 0.6) is 0 Å². The minimum atomic E-state index is -1.93. The van der Waals surface area contributed by atoms with E-state index in [1.165, 1.54) is 11.1 Å². The fourth-order valence-corrected chi connectivity index (χ4v) is 16.5. The number of nitrogens with zero attached hydrogens (tertiary/aromatic N) is 2. The number of hydrogen-bond acceptors (Lipinski definition) is 2.